The first-order valence-corrected chi connectivity index (χ1v) is 13.9. The summed E-state index contributed by atoms with van der Waals surface area (Å²) in [5, 5.41) is 0. The van der Waals surface area contributed by atoms with Gasteiger partial charge in [-0.3, -0.25) is 9.36 Å². The van der Waals surface area contributed by atoms with E-state index in [1.54, 1.807) is 30.5 Å². The number of hydrogen-bond acceptors (Lipinski definition) is 6. The topological polar surface area (TPSA) is 74.8 Å². The molecule has 7 nitrogen and oxygen atoms in total. The monoisotopic (exact) mass is 559 g/mol. The van der Waals surface area contributed by atoms with Gasteiger partial charge in [0, 0.05) is 22.6 Å². The van der Waals surface area contributed by atoms with Gasteiger partial charge in [0.05, 0.1) is 29.0 Å². The first kappa shape index (κ1) is 27.3. The van der Waals surface area contributed by atoms with Crippen molar-refractivity contribution < 1.29 is 18.7 Å². The number of allylic oxidation sites excluding steroid dienone is 1. The fraction of sp³-hybridized carbons (Fsp3) is 0.258. The number of nitrogens with zero attached hydrogens (tertiary/aromatic N) is 3. The van der Waals surface area contributed by atoms with Crippen molar-refractivity contribution in [3.8, 4) is 11.4 Å². The van der Waals surface area contributed by atoms with Gasteiger partial charge in [-0.25, -0.2) is 14.2 Å². The lowest BCUT2D eigenvalue weighted by molar-refractivity contribution is -0.139. The van der Waals surface area contributed by atoms with Gasteiger partial charge >= 0.3 is 5.97 Å². The third-order valence-corrected chi connectivity index (χ3v) is 7.86. The van der Waals surface area contributed by atoms with Crippen molar-refractivity contribution in [2.75, 3.05) is 13.2 Å². The fourth-order valence-corrected chi connectivity index (χ4v) is 6.18. The zero-order chi connectivity index (χ0) is 28.6. The highest BCUT2D eigenvalue weighted by Gasteiger charge is 2.35. The Balaban J connectivity index is 1.71. The molecule has 1 aliphatic heterocycles. The minimum atomic E-state index is -0.758. The maximum Gasteiger partial charge on any atom is 0.338 e. The Morgan fingerprint density at radius 1 is 1.07 bits per heavy atom. The summed E-state index contributed by atoms with van der Waals surface area (Å²) in [6.45, 7) is 9.95. The van der Waals surface area contributed by atoms with Gasteiger partial charge in [-0.2, -0.15) is 0 Å². The fourth-order valence-electron chi connectivity index (χ4n) is 5.14. The number of carbonyl (C=O) groups is 1. The zero-order valence-electron chi connectivity index (χ0n) is 23.0. The summed E-state index contributed by atoms with van der Waals surface area (Å²) in [7, 11) is 0. The normalized spacial score (nSPS) is 15.2. The Hall–Kier alpha value is -4.24. The molecule has 9 heteroatoms. The lowest BCUT2D eigenvalue weighted by Gasteiger charge is -2.26. The molecule has 0 spiro atoms. The third kappa shape index (κ3) is 4.81. The molecule has 5 rings (SSSR count). The number of esters is 1. The minimum absolute atomic E-state index is 0.198. The molecule has 0 saturated heterocycles. The van der Waals surface area contributed by atoms with E-state index in [2.05, 4.69) is 4.99 Å². The van der Waals surface area contributed by atoms with E-state index in [0.29, 0.717) is 38.5 Å². The molecule has 0 bridgehead atoms. The second-order valence-corrected chi connectivity index (χ2v) is 10.4. The maximum absolute atomic E-state index is 14.0. The number of fused-ring (bicyclic) bond motifs is 1. The summed E-state index contributed by atoms with van der Waals surface area (Å²) in [6, 6.07) is 14.9. The predicted molar refractivity (Wildman–Crippen MR) is 153 cm³/mol. The van der Waals surface area contributed by atoms with Crippen LogP contribution < -0.4 is 19.6 Å². The number of para-hydroxylation sites is 1. The molecule has 0 unspecified atom stereocenters. The van der Waals surface area contributed by atoms with Gasteiger partial charge < -0.3 is 14.0 Å². The number of carbonyl (C=O) groups excluding carboxylic acids is 1. The molecule has 4 aromatic rings. The molecule has 1 aliphatic rings. The molecule has 40 heavy (non-hydrogen) atoms. The summed E-state index contributed by atoms with van der Waals surface area (Å²) in [4.78, 5) is 32.4. The standard InChI is InChI=1S/C31H30FN3O4S/c1-6-38-25-11-9-8-10-24(25)28-27(30(37)39-7-2)19(4)33-31-35(28)29(36)26(40-31)17-21-16-18(3)34(20(21)5)23-14-12-22(32)13-15-23/h8-17,28H,6-7H2,1-5H3/b26-17-/t28-/m1/s1. The van der Waals surface area contributed by atoms with Crippen LogP contribution >= 0.6 is 11.3 Å². The van der Waals surface area contributed by atoms with Crippen LogP contribution in [0.25, 0.3) is 11.8 Å². The Morgan fingerprint density at radius 3 is 2.50 bits per heavy atom. The SMILES string of the molecule is CCOC(=O)C1=C(C)N=c2s/c(=C\c3cc(C)n(-c4ccc(F)cc4)c3C)c(=O)n2[C@@H]1c1ccccc1OCC. The van der Waals surface area contributed by atoms with Gasteiger partial charge in [0.15, 0.2) is 4.80 Å². The molecule has 0 fully saturated rings. The van der Waals surface area contributed by atoms with Gasteiger partial charge in [0.25, 0.3) is 5.56 Å². The number of aromatic nitrogens is 2. The van der Waals surface area contributed by atoms with Gasteiger partial charge in [-0.15, -0.1) is 0 Å². The summed E-state index contributed by atoms with van der Waals surface area (Å²) >= 11 is 1.27. The van der Waals surface area contributed by atoms with Crippen molar-refractivity contribution in [2.24, 2.45) is 4.99 Å². The largest absolute Gasteiger partial charge is 0.494 e. The lowest BCUT2D eigenvalue weighted by atomic mass is 9.95. The number of hydrogen-bond donors (Lipinski definition) is 0. The van der Waals surface area contributed by atoms with E-state index >= 15 is 0 Å². The van der Waals surface area contributed by atoms with Crippen molar-refractivity contribution in [1.82, 2.24) is 9.13 Å². The summed E-state index contributed by atoms with van der Waals surface area (Å²) in [5.74, 6) is -0.230. The van der Waals surface area contributed by atoms with Crippen molar-refractivity contribution in [3.05, 3.63) is 114 Å². The number of benzene rings is 2. The number of halogens is 1. The smallest absolute Gasteiger partial charge is 0.338 e. The predicted octanol–water partition coefficient (Wildman–Crippen LogP) is 4.74. The van der Waals surface area contributed by atoms with Crippen LogP contribution in [0, 0.1) is 19.7 Å². The van der Waals surface area contributed by atoms with E-state index < -0.39 is 12.0 Å². The number of ether oxygens (including phenoxy) is 2. The second-order valence-electron chi connectivity index (χ2n) is 9.41. The average Bonchev–Trinajstić information content (AvgIpc) is 3.38. The summed E-state index contributed by atoms with van der Waals surface area (Å²) < 4.78 is 28.9. The summed E-state index contributed by atoms with van der Waals surface area (Å²) in [5.41, 5.74) is 4.78. The van der Waals surface area contributed by atoms with Crippen LogP contribution in [0.4, 0.5) is 4.39 Å². The van der Waals surface area contributed by atoms with Crippen molar-refractivity contribution in [1.29, 1.82) is 0 Å². The lowest BCUT2D eigenvalue weighted by Crippen LogP contribution is -2.40. The van der Waals surface area contributed by atoms with Crippen LogP contribution in [-0.4, -0.2) is 28.3 Å². The molecule has 0 saturated carbocycles. The van der Waals surface area contributed by atoms with Crippen LogP contribution in [0.5, 0.6) is 5.75 Å². The molecule has 2 aromatic carbocycles. The Morgan fingerprint density at radius 2 is 1.80 bits per heavy atom. The van der Waals surface area contributed by atoms with E-state index in [9.17, 15) is 14.0 Å². The van der Waals surface area contributed by atoms with E-state index in [1.165, 1.54) is 23.5 Å². The second kappa shape index (κ2) is 11.1. The van der Waals surface area contributed by atoms with Crippen molar-refractivity contribution >= 4 is 23.4 Å². The molecular formula is C31H30FN3O4S. The average molecular weight is 560 g/mol. The van der Waals surface area contributed by atoms with Crippen LogP contribution in [0.3, 0.4) is 0 Å². The van der Waals surface area contributed by atoms with Crippen LogP contribution in [-0.2, 0) is 9.53 Å². The molecule has 0 aliphatic carbocycles. The van der Waals surface area contributed by atoms with Crippen molar-refractivity contribution in [2.45, 2.75) is 40.7 Å². The minimum Gasteiger partial charge on any atom is -0.494 e. The molecule has 0 radical (unpaired) electrons. The Bertz CT molecular complexity index is 1810. The van der Waals surface area contributed by atoms with E-state index in [4.69, 9.17) is 9.47 Å². The molecule has 0 amide bonds. The van der Waals surface area contributed by atoms with Crippen LogP contribution in [0.15, 0.2) is 75.7 Å². The molecule has 0 N–H and O–H groups in total. The van der Waals surface area contributed by atoms with Crippen molar-refractivity contribution in [3.63, 3.8) is 0 Å². The highest BCUT2D eigenvalue weighted by molar-refractivity contribution is 7.07. The molecule has 2 aromatic heterocycles. The summed E-state index contributed by atoms with van der Waals surface area (Å²) in [6.07, 6.45) is 1.85. The van der Waals surface area contributed by atoms with Gasteiger partial charge in [-0.05, 0) is 82.7 Å². The number of rotatable bonds is 7. The van der Waals surface area contributed by atoms with Crippen LogP contribution in [0.2, 0.25) is 0 Å². The first-order valence-electron chi connectivity index (χ1n) is 13.1. The van der Waals surface area contributed by atoms with Gasteiger partial charge in [-0.1, -0.05) is 29.5 Å². The van der Waals surface area contributed by atoms with Gasteiger partial charge in [0.2, 0.25) is 0 Å². The maximum atomic E-state index is 14.0. The quantitative estimate of drug-likeness (QED) is 0.307. The number of thiazole rings is 1. The third-order valence-electron chi connectivity index (χ3n) is 6.87. The number of aryl methyl sites for hydroxylation is 1. The molecule has 3 heterocycles. The Kier molecular flexibility index (Phi) is 7.58. The molecule has 206 valence electrons. The van der Waals surface area contributed by atoms with E-state index in [-0.39, 0.29) is 18.0 Å². The first-order chi connectivity index (χ1) is 19.2. The molecular weight excluding hydrogens is 529 g/mol. The zero-order valence-corrected chi connectivity index (χ0v) is 23.8. The molecule has 1 atom stereocenters. The van der Waals surface area contributed by atoms with E-state index in [1.807, 2.05) is 61.7 Å². The highest BCUT2D eigenvalue weighted by atomic mass is 32.1. The van der Waals surface area contributed by atoms with Crippen LogP contribution in [0.1, 0.15) is 49.3 Å². The van der Waals surface area contributed by atoms with E-state index in [0.717, 1.165) is 22.6 Å². The Labute approximate surface area is 235 Å². The van der Waals surface area contributed by atoms with Gasteiger partial charge in [0.1, 0.15) is 17.6 Å². The highest BCUT2D eigenvalue weighted by Crippen LogP contribution is 2.35.